The van der Waals surface area contributed by atoms with Crippen molar-refractivity contribution in [2.45, 2.75) is 45.6 Å². The summed E-state index contributed by atoms with van der Waals surface area (Å²) in [7, 11) is 0. The second-order valence-electron chi connectivity index (χ2n) is 4.72. The molecule has 17 heavy (non-hydrogen) atoms. The molecule has 2 unspecified atom stereocenters. The highest BCUT2D eigenvalue weighted by atomic mass is 16.5. The Hall–Kier alpha value is -0.610. The van der Waals surface area contributed by atoms with Gasteiger partial charge in [0.2, 0.25) is 5.91 Å². The Balaban J connectivity index is 2.21. The van der Waals surface area contributed by atoms with Crippen molar-refractivity contribution >= 4 is 5.91 Å². The van der Waals surface area contributed by atoms with Gasteiger partial charge in [-0.3, -0.25) is 4.79 Å². The summed E-state index contributed by atoms with van der Waals surface area (Å²) in [5.74, 6) is 0.382. The van der Waals surface area contributed by atoms with Gasteiger partial charge in [0.1, 0.15) is 0 Å². The molecule has 100 valence electrons. The molecule has 0 aromatic carbocycles. The lowest BCUT2D eigenvalue weighted by Crippen LogP contribution is -2.49. The Kier molecular flexibility index (Phi) is 7.21. The maximum atomic E-state index is 11.9. The third-order valence-electron chi connectivity index (χ3n) is 3.29. The fourth-order valence-electron chi connectivity index (χ4n) is 2.09. The van der Waals surface area contributed by atoms with Gasteiger partial charge in [-0.2, -0.15) is 0 Å². The molecule has 0 aromatic rings. The molecule has 4 nitrogen and oxygen atoms in total. The van der Waals surface area contributed by atoms with E-state index in [9.17, 15) is 4.79 Å². The summed E-state index contributed by atoms with van der Waals surface area (Å²) in [4.78, 5) is 11.9. The van der Waals surface area contributed by atoms with Crippen LogP contribution in [0.15, 0.2) is 0 Å². The molecule has 2 N–H and O–H groups in total. The number of unbranched alkanes of at least 4 members (excludes halogenated alkanes) is 1. The second kappa shape index (κ2) is 8.48. The minimum Gasteiger partial charge on any atom is -0.378 e. The molecule has 0 aliphatic carbocycles. The van der Waals surface area contributed by atoms with Gasteiger partial charge in [0, 0.05) is 25.0 Å². The van der Waals surface area contributed by atoms with Crippen molar-refractivity contribution in [3.8, 4) is 0 Å². The molecule has 4 heteroatoms. The van der Waals surface area contributed by atoms with Crippen LogP contribution in [0.25, 0.3) is 0 Å². The highest BCUT2D eigenvalue weighted by Gasteiger charge is 2.18. The monoisotopic (exact) mass is 242 g/mol. The lowest BCUT2D eigenvalue weighted by molar-refractivity contribution is -0.125. The lowest BCUT2D eigenvalue weighted by Gasteiger charge is -2.25. The Morgan fingerprint density at radius 2 is 2.35 bits per heavy atom. The zero-order valence-electron chi connectivity index (χ0n) is 11.1. The molecule has 0 bridgehead atoms. The number of nitrogens with one attached hydrogen (secondary N) is 2. The van der Waals surface area contributed by atoms with Crippen LogP contribution in [0.4, 0.5) is 0 Å². The normalized spacial score (nSPS) is 22.1. The summed E-state index contributed by atoms with van der Waals surface area (Å²) in [6.45, 7) is 7.29. The van der Waals surface area contributed by atoms with Crippen LogP contribution in [0.2, 0.25) is 0 Å². The summed E-state index contributed by atoms with van der Waals surface area (Å²) in [5, 5.41) is 6.37. The van der Waals surface area contributed by atoms with Gasteiger partial charge >= 0.3 is 0 Å². The minimum atomic E-state index is 0.180. The molecule has 1 saturated heterocycles. The third-order valence-corrected chi connectivity index (χ3v) is 3.29. The molecule has 1 fully saturated rings. The topological polar surface area (TPSA) is 50.4 Å². The van der Waals surface area contributed by atoms with Crippen molar-refractivity contribution in [2.75, 3.05) is 26.3 Å². The van der Waals surface area contributed by atoms with Gasteiger partial charge in [-0.25, -0.2) is 0 Å². The van der Waals surface area contributed by atoms with Crippen LogP contribution in [-0.2, 0) is 9.53 Å². The predicted octanol–water partition coefficient (Wildman–Crippen LogP) is 1.31. The number of morpholine rings is 1. The molecule has 1 rings (SSSR count). The van der Waals surface area contributed by atoms with Crippen LogP contribution in [0.1, 0.15) is 39.5 Å². The molecule has 0 spiro atoms. The van der Waals surface area contributed by atoms with Crippen LogP contribution < -0.4 is 10.6 Å². The first-order chi connectivity index (χ1) is 8.27. The first-order valence-corrected chi connectivity index (χ1v) is 6.86. The van der Waals surface area contributed by atoms with Gasteiger partial charge in [-0.15, -0.1) is 0 Å². The maximum Gasteiger partial charge on any atom is 0.223 e. The number of amides is 1. The molecule has 0 aromatic heterocycles. The van der Waals surface area contributed by atoms with Crippen molar-refractivity contribution in [3.63, 3.8) is 0 Å². The Morgan fingerprint density at radius 3 is 2.94 bits per heavy atom. The molecule has 1 aliphatic heterocycles. The molecular formula is C13H26N2O2. The van der Waals surface area contributed by atoms with Gasteiger partial charge in [0.15, 0.2) is 0 Å². The summed E-state index contributed by atoms with van der Waals surface area (Å²) in [5.41, 5.74) is 0. The van der Waals surface area contributed by atoms with Crippen molar-refractivity contribution in [1.82, 2.24) is 10.6 Å². The van der Waals surface area contributed by atoms with E-state index < -0.39 is 0 Å². The predicted molar refractivity (Wildman–Crippen MR) is 68.9 cm³/mol. The Labute approximate surface area is 104 Å². The minimum absolute atomic E-state index is 0.180. The first-order valence-electron chi connectivity index (χ1n) is 6.86. The standard InChI is InChI=1S/C13H26N2O2/c1-3-5-6-11(4-2)13(16)15-9-12-10-17-8-7-14-12/h11-12,14H,3-10H2,1-2H3,(H,15,16). The van der Waals surface area contributed by atoms with E-state index in [1.54, 1.807) is 0 Å². The summed E-state index contributed by atoms with van der Waals surface area (Å²) >= 11 is 0. The van der Waals surface area contributed by atoms with Crippen molar-refractivity contribution in [1.29, 1.82) is 0 Å². The van der Waals surface area contributed by atoms with Gasteiger partial charge in [0.25, 0.3) is 0 Å². The fourth-order valence-corrected chi connectivity index (χ4v) is 2.09. The molecule has 2 atom stereocenters. The van der Waals surface area contributed by atoms with Crippen molar-refractivity contribution in [2.24, 2.45) is 5.92 Å². The van der Waals surface area contributed by atoms with Crippen LogP contribution >= 0.6 is 0 Å². The van der Waals surface area contributed by atoms with Crippen LogP contribution in [-0.4, -0.2) is 38.3 Å². The Morgan fingerprint density at radius 1 is 1.53 bits per heavy atom. The number of hydrogen-bond donors (Lipinski definition) is 2. The van der Waals surface area contributed by atoms with Gasteiger partial charge < -0.3 is 15.4 Å². The average molecular weight is 242 g/mol. The summed E-state index contributed by atoms with van der Waals surface area (Å²) in [6, 6.07) is 0.274. The number of rotatable bonds is 7. The first kappa shape index (κ1) is 14.5. The van der Waals surface area contributed by atoms with Gasteiger partial charge in [-0.1, -0.05) is 26.7 Å². The summed E-state index contributed by atoms with van der Waals surface area (Å²) in [6.07, 6.45) is 4.23. The van der Waals surface area contributed by atoms with E-state index in [0.29, 0.717) is 13.2 Å². The third kappa shape index (κ3) is 5.50. The summed E-state index contributed by atoms with van der Waals surface area (Å²) < 4.78 is 5.35. The van der Waals surface area contributed by atoms with Crippen molar-refractivity contribution < 1.29 is 9.53 Å². The second-order valence-corrected chi connectivity index (χ2v) is 4.72. The SMILES string of the molecule is CCCCC(CC)C(=O)NCC1COCCN1. The van der Waals surface area contributed by atoms with E-state index in [4.69, 9.17) is 4.74 Å². The zero-order chi connectivity index (χ0) is 12.5. The van der Waals surface area contributed by atoms with Gasteiger partial charge in [0.05, 0.1) is 13.2 Å². The largest absolute Gasteiger partial charge is 0.378 e. The molecule has 0 saturated carbocycles. The molecule has 1 heterocycles. The van der Waals surface area contributed by atoms with Crippen LogP contribution in [0, 0.1) is 5.92 Å². The lowest BCUT2D eigenvalue weighted by atomic mass is 9.98. The average Bonchev–Trinajstić information content (AvgIpc) is 2.38. The Bertz CT molecular complexity index is 215. The van der Waals surface area contributed by atoms with E-state index in [0.717, 1.165) is 38.8 Å². The quantitative estimate of drug-likeness (QED) is 0.707. The zero-order valence-corrected chi connectivity index (χ0v) is 11.1. The van der Waals surface area contributed by atoms with E-state index in [1.807, 2.05) is 0 Å². The van der Waals surface area contributed by atoms with E-state index in [1.165, 1.54) is 0 Å². The highest BCUT2D eigenvalue weighted by Crippen LogP contribution is 2.12. The molecule has 1 amide bonds. The smallest absolute Gasteiger partial charge is 0.223 e. The highest BCUT2D eigenvalue weighted by molar-refractivity contribution is 5.78. The number of hydrogen-bond acceptors (Lipinski definition) is 3. The van der Waals surface area contributed by atoms with E-state index >= 15 is 0 Å². The number of ether oxygens (including phenoxy) is 1. The molecule has 0 radical (unpaired) electrons. The van der Waals surface area contributed by atoms with E-state index in [-0.39, 0.29) is 17.9 Å². The fraction of sp³-hybridized carbons (Fsp3) is 0.923. The number of carbonyl (C=O) groups excluding carboxylic acids is 1. The van der Waals surface area contributed by atoms with Crippen LogP contribution in [0.5, 0.6) is 0 Å². The molecular weight excluding hydrogens is 216 g/mol. The van der Waals surface area contributed by atoms with E-state index in [2.05, 4.69) is 24.5 Å². The molecule has 1 aliphatic rings. The number of carbonyl (C=O) groups is 1. The maximum absolute atomic E-state index is 11.9. The van der Waals surface area contributed by atoms with Crippen molar-refractivity contribution in [3.05, 3.63) is 0 Å². The van der Waals surface area contributed by atoms with Gasteiger partial charge in [-0.05, 0) is 12.8 Å². The van der Waals surface area contributed by atoms with Crippen LogP contribution in [0.3, 0.4) is 0 Å².